The molecule has 0 spiro atoms. The van der Waals surface area contributed by atoms with Crippen LogP contribution in [0.1, 0.15) is 38.2 Å². The molecule has 3 rings (SSSR count). The molecule has 3 heteroatoms. The third-order valence-electron chi connectivity index (χ3n) is 4.95. The van der Waals surface area contributed by atoms with Gasteiger partial charge in [-0.05, 0) is 75.7 Å². The maximum absolute atomic E-state index is 3.52. The number of hydrogen-bond donors (Lipinski definition) is 1. The van der Waals surface area contributed by atoms with Crippen LogP contribution < -0.4 is 5.32 Å². The van der Waals surface area contributed by atoms with E-state index in [2.05, 4.69) is 57.3 Å². The van der Waals surface area contributed by atoms with Gasteiger partial charge in [0.05, 0.1) is 0 Å². The summed E-state index contributed by atoms with van der Waals surface area (Å²) in [7, 11) is 0. The van der Waals surface area contributed by atoms with Crippen molar-refractivity contribution in [3.05, 3.63) is 34.3 Å². The monoisotopic (exact) mass is 350 g/mol. The normalized spacial score (nSPS) is 21.7. The van der Waals surface area contributed by atoms with Crippen LogP contribution in [-0.2, 0) is 6.42 Å². The number of hydrogen-bond acceptors (Lipinski definition) is 2. The van der Waals surface area contributed by atoms with Crippen LogP contribution in [0.4, 0.5) is 0 Å². The van der Waals surface area contributed by atoms with Gasteiger partial charge < -0.3 is 5.32 Å². The van der Waals surface area contributed by atoms with Crippen LogP contribution in [0.2, 0.25) is 0 Å². The van der Waals surface area contributed by atoms with Gasteiger partial charge in [-0.1, -0.05) is 28.1 Å². The van der Waals surface area contributed by atoms with Gasteiger partial charge in [-0.15, -0.1) is 0 Å². The van der Waals surface area contributed by atoms with Gasteiger partial charge in [-0.2, -0.15) is 0 Å². The van der Waals surface area contributed by atoms with E-state index in [4.69, 9.17) is 0 Å². The van der Waals surface area contributed by atoms with Crippen LogP contribution in [0.3, 0.4) is 0 Å². The first-order valence-electron chi connectivity index (χ1n) is 8.43. The molecule has 0 bridgehead atoms. The third-order valence-corrected chi connectivity index (χ3v) is 5.48. The molecule has 21 heavy (non-hydrogen) atoms. The van der Waals surface area contributed by atoms with Crippen LogP contribution in [0.15, 0.2) is 28.7 Å². The highest BCUT2D eigenvalue weighted by atomic mass is 79.9. The van der Waals surface area contributed by atoms with Crippen molar-refractivity contribution in [3.8, 4) is 0 Å². The van der Waals surface area contributed by atoms with Crippen molar-refractivity contribution < 1.29 is 0 Å². The largest absolute Gasteiger partial charge is 0.317 e. The van der Waals surface area contributed by atoms with Gasteiger partial charge in [0.1, 0.15) is 0 Å². The molecule has 1 saturated heterocycles. The van der Waals surface area contributed by atoms with Gasteiger partial charge in [0.2, 0.25) is 0 Å². The highest BCUT2D eigenvalue weighted by Crippen LogP contribution is 2.31. The Morgan fingerprint density at radius 1 is 1.14 bits per heavy atom. The van der Waals surface area contributed by atoms with Crippen LogP contribution in [-0.4, -0.2) is 36.6 Å². The Bertz CT molecular complexity index is 435. The van der Waals surface area contributed by atoms with Crippen molar-refractivity contribution in [2.24, 2.45) is 5.92 Å². The maximum Gasteiger partial charge on any atom is 0.0175 e. The smallest absolute Gasteiger partial charge is 0.0175 e. The molecule has 2 fully saturated rings. The van der Waals surface area contributed by atoms with E-state index < -0.39 is 0 Å². The van der Waals surface area contributed by atoms with Crippen LogP contribution in [0.25, 0.3) is 0 Å². The molecular weight excluding hydrogens is 324 g/mol. The molecule has 2 nitrogen and oxygen atoms in total. The highest BCUT2D eigenvalue weighted by molar-refractivity contribution is 9.10. The number of piperidine rings is 1. The number of nitrogens with one attached hydrogen (secondary N) is 1. The molecule has 1 unspecified atom stereocenters. The number of rotatable bonds is 6. The second-order valence-electron chi connectivity index (χ2n) is 6.80. The summed E-state index contributed by atoms with van der Waals surface area (Å²) in [5, 5.41) is 3.48. The summed E-state index contributed by atoms with van der Waals surface area (Å²) in [6, 6.07) is 10.4. The standard InChI is InChI=1S/C18H27BrN2/c1-14(12-15-2-4-17(19)5-3-15)21(18-6-7-18)13-16-8-10-20-11-9-16/h2-5,14,16,18,20H,6-13H2,1H3. The lowest BCUT2D eigenvalue weighted by atomic mass is 9.96. The minimum Gasteiger partial charge on any atom is -0.317 e. The Morgan fingerprint density at radius 2 is 1.81 bits per heavy atom. The molecule has 1 aliphatic carbocycles. The van der Waals surface area contributed by atoms with Gasteiger partial charge >= 0.3 is 0 Å². The van der Waals surface area contributed by atoms with Crippen molar-refractivity contribution in [1.82, 2.24) is 10.2 Å². The average molecular weight is 351 g/mol. The fourth-order valence-corrected chi connectivity index (χ4v) is 3.80. The zero-order valence-electron chi connectivity index (χ0n) is 13.0. The quantitative estimate of drug-likeness (QED) is 0.838. The first-order valence-corrected chi connectivity index (χ1v) is 9.22. The highest BCUT2D eigenvalue weighted by Gasteiger charge is 2.33. The van der Waals surface area contributed by atoms with Crippen LogP contribution >= 0.6 is 15.9 Å². The van der Waals surface area contributed by atoms with Crippen molar-refractivity contribution >= 4 is 15.9 Å². The molecule has 1 N–H and O–H groups in total. The Morgan fingerprint density at radius 3 is 2.43 bits per heavy atom. The van der Waals surface area contributed by atoms with Crippen molar-refractivity contribution in [1.29, 1.82) is 0 Å². The van der Waals surface area contributed by atoms with Crippen molar-refractivity contribution in [3.63, 3.8) is 0 Å². The van der Waals surface area contributed by atoms with E-state index in [1.54, 1.807) is 0 Å². The Kier molecular flexibility index (Phi) is 5.36. The van der Waals surface area contributed by atoms with E-state index in [-0.39, 0.29) is 0 Å². The minimum atomic E-state index is 0.661. The number of nitrogens with zero attached hydrogens (tertiary/aromatic N) is 1. The second kappa shape index (κ2) is 7.26. The summed E-state index contributed by atoms with van der Waals surface area (Å²) in [5.74, 6) is 0.902. The molecule has 1 saturated carbocycles. The zero-order valence-corrected chi connectivity index (χ0v) is 14.6. The van der Waals surface area contributed by atoms with Crippen LogP contribution in [0.5, 0.6) is 0 Å². The predicted molar refractivity (Wildman–Crippen MR) is 92.6 cm³/mol. The van der Waals surface area contributed by atoms with E-state index in [1.807, 2.05) is 0 Å². The Labute approximate surface area is 137 Å². The molecule has 116 valence electrons. The molecule has 1 aromatic carbocycles. The summed E-state index contributed by atoms with van der Waals surface area (Å²) in [4.78, 5) is 2.80. The van der Waals surface area contributed by atoms with Gasteiger partial charge in [-0.3, -0.25) is 4.90 Å². The van der Waals surface area contributed by atoms with Gasteiger partial charge in [0.25, 0.3) is 0 Å². The Hall–Kier alpha value is -0.380. The molecule has 1 aliphatic heterocycles. The summed E-state index contributed by atoms with van der Waals surface area (Å²) in [5.41, 5.74) is 1.46. The molecule has 0 amide bonds. The fraction of sp³-hybridized carbons (Fsp3) is 0.667. The molecule has 2 aliphatic rings. The third kappa shape index (κ3) is 4.54. The summed E-state index contributed by atoms with van der Waals surface area (Å²) in [6.07, 6.45) is 6.71. The zero-order chi connectivity index (χ0) is 14.7. The second-order valence-corrected chi connectivity index (χ2v) is 7.72. The first-order chi connectivity index (χ1) is 10.2. The molecule has 0 radical (unpaired) electrons. The van der Waals surface area contributed by atoms with Crippen LogP contribution in [0, 0.1) is 5.92 Å². The lowest BCUT2D eigenvalue weighted by Gasteiger charge is -2.34. The molecule has 1 aromatic rings. The first kappa shape index (κ1) is 15.5. The lowest BCUT2D eigenvalue weighted by molar-refractivity contribution is 0.151. The van der Waals surface area contributed by atoms with E-state index >= 15 is 0 Å². The van der Waals surface area contributed by atoms with E-state index in [0.29, 0.717) is 6.04 Å². The summed E-state index contributed by atoms with van der Waals surface area (Å²) in [6.45, 7) is 6.15. The van der Waals surface area contributed by atoms with E-state index in [1.165, 1.54) is 61.8 Å². The van der Waals surface area contributed by atoms with E-state index in [9.17, 15) is 0 Å². The number of halogens is 1. The van der Waals surface area contributed by atoms with Gasteiger partial charge in [0, 0.05) is 23.1 Å². The lowest BCUT2D eigenvalue weighted by Crippen LogP contribution is -2.42. The fourth-order valence-electron chi connectivity index (χ4n) is 3.54. The van der Waals surface area contributed by atoms with Crippen molar-refractivity contribution in [2.45, 2.75) is 51.1 Å². The molecule has 1 heterocycles. The average Bonchev–Trinajstić information content (AvgIpc) is 3.33. The predicted octanol–water partition coefficient (Wildman–Crippen LogP) is 3.84. The van der Waals surface area contributed by atoms with E-state index in [0.717, 1.165) is 12.0 Å². The summed E-state index contributed by atoms with van der Waals surface area (Å²) >= 11 is 3.52. The molecular formula is C18H27BrN2. The topological polar surface area (TPSA) is 15.3 Å². The minimum absolute atomic E-state index is 0.661. The Balaban J connectivity index is 1.58. The van der Waals surface area contributed by atoms with Gasteiger partial charge in [0.15, 0.2) is 0 Å². The molecule has 1 atom stereocenters. The number of benzene rings is 1. The maximum atomic E-state index is 3.52. The molecule has 0 aromatic heterocycles. The SMILES string of the molecule is CC(Cc1ccc(Br)cc1)N(CC1CCNCC1)C1CC1. The summed E-state index contributed by atoms with van der Waals surface area (Å²) < 4.78 is 1.17. The van der Waals surface area contributed by atoms with Gasteiger partial charge in [-0.25, -0.2) is 0 Å². The van der Waals surface area contributed by atoms with Crippen molar-refractivity contribution in [2.75, 3.05) is 19.6 Å².